The predicted octanol–water partition coefficient (Wildman–Crippen LogP) is 4.73. The van der Waals surface area contributed by atoms with Crippen LogP contribution in [0.5, 0.6) is 5.75 Å². The van der Waals surface area contributed by atoms with Crippen LogP contribution in [0.15, 0.2) is 58.4 Å². The van der Waals surface area contributed by atoms with Crippen molar-refractivity contribution in [1.82, 2.24) is 9.88 Å². The minimum Gasteiger partial charge on any atom is -0.484 e. The van der Waals surface area contributed by atoms with Gasteiger partial charge in [0.25, 0.3) is 5.91 Å². The number of aromatic nitrogens is 1. The van der Waals surface area contributed by atoms with Gasteiger partial charge >= 0.3 is 10.8 Å². The number of ether oxygens (including phenoxy) is 1. The number of amides is 3. The topological polar surface area (TPSA) is 146 Å². The minimum absolute atomic E-state index is 0.000299. The molecule has 1 saturated heterocycles. The van der Waals surface area contributed by atoms with Gasteiger partial charge in [-0.3, -0.25) is 24.1 Å². The molecule has 7 unspecified atom stereocenters. The van der Waals surface area contributed by atoms with Crippen LogP contribution in [0, 0.1) is 42.4 Å². The largest absolute Gasteiger partial charge is 0.484 e. The number of thioether (sulfide) groups is 1. The summed E-state index contributed by atoms with van der Waals surface area (Å²) in [6, 6.07) is 13.9. The zero-order valence-electron chi connectivity index (χ0n) is 25.6. The lowest BCUT2D eigenvalue weighted by Gasteiger charge is -2.43. The van der Waals surface area contributed by atoms with Gasteiger partial charge in [0.2, 0.25) is 11.8 Å². The van der Waals surface area contributed by atoms with Crippen molar-refractivity contribution >= 4 is 52.5 Å². The lowest BCUT2D eigenvalue weighted by atomic mass is 9.68. The zero-order valence-corrected chi connectivity index (χ0v) is 27.2. The number of nitrogens with one attached hydrogen (secondary N) is 2. The molecule has 3 heterocycles. The Morgan fingerprint density at radius 3 is 2.46 bits per heavy atom. The minimum atomic E-state index is -1.17. The third-order valence-corrected chi connectivity index (χ3v) is 12.5. The Morgan fingerprint density at radius 2 is 1.78 bits per heavy atom. The molecule has 8 atom stereocenters. The predicted molar refractivity (Wildman–Crippen MR) is 173 cm³/mol. The van der Waals surface area contributed by atoms with Crippen LogP contribution in [0.25, 0.3) is 0 Å². The van der Waals surface area contributed by atoms with E-state index >= 15 is 0 Å². The summed E-state index contributed by atoms with van der Waals surface area (Å²) >= 11 is 2.77. The van der Waals surface area contributed by atoms with Gasteiger partial charge in [0.1, 0.15) is 11.8 Å². The number of imide groups is 1. The summed E-state index contributed by atoms with van der Waals surface area (Å²) < 4.78 is 5.78. The van der Waals surface area contributed by atoms with Gasteiger partial charge in [0, 0.05) is 21.7 Å². The number of fused-ring (bicyclic) bond motifs is 9. The molecular formula is C34H35N3O7S2. The van der Waals surface area contributed by atoms with Crippen molar-refractivity contribution < 1.29 is 29.0 Å². The number of nitrogens with zero attached hydrogens (tertiary/aromatic N) is 1. The number of carbonyl (C=O) groups excluding carboxylic acids is 3. The maximum atomic E-state index is 13.9. The van der Waals surface area contributed by atoms with Crippen LogP contribution in [0.3, 0.4) is 0 Å². The van der Waals surface area contributed by atoms with E-state index in [0.29, 0.717) is 11.4 Å². The normalized spacial score (nSPS) is 28.2. The molecule has 4 aliphatic rings. The first-order valence-corrected chi connectivity index (χ1v) is 17.3. The SMILES string of the molecule is Cc1cccc(NC(=O)COc2ccc([C@H]3c4sc(=O)[nH]c4SC4C5CC(C6C(=O)N(C(CC(C)C)C(=O)O)C(=O)C56)C43)cc2)c1. The Bertz CT molecular complexity index is 1780. The number of thiazole rings is 1. The maximum absolute atomic E-state index is 13.9. The number of carboxylic acids is 1. The molecule has 10 nitrogen and oxygen atoms in total. The van der Waals surface area contributed by atoms with Crippen LogP contribution in [-0.4, -0.2) is 56.6 Å². The first-order valence-electron chi connectivity index (χ1n) is 15.6. The van der Waals surface area contributed by atoms with E-state index in [9.17, 15) is 29.1 Å². The average molecular weight is 662 g/mol. The molecule has 2 saturated carbocycles. The first kappa shape index (κ1) is 30.7. The highest BCUT2D eigenvalue weighted by Crippen LogP contribution is 2.68. The summed E-state index contributed by atoms with van der Waals surface area (Å²) in [4.78, 5) is 69.8. The van der Waals surface area contributed by atoms with Crippen LogP contribution in [-0.2, 0) is 19.2 Å². The molecule has 46 heavy (non-hydrogen) atoms. The molecule has 2 aliphatic heterocycles. The van der Waals surface area contributed by atoms with Crippen LogP contribution >= 0.6 is 23.1 Å². The summed E-state index contributed by atoms with van der Waals surface area (Å²) in [6.07, 6.45) is 0.935. The van der Waals surface area contributed by atoms with Gasteiger partial charge in [0.15, 0.2) is 6.61 Å². The number of likely N-dealkylation sites (tertiary alicyclic amines) is 1. The molecule has 3 N–H and O–H groups in total. The van der Waals surface area contributed by atoms with Gasteiger partial charge in [-0.15, -0.1) is 11.8 Å². The molecule has 240 valence electrons. The van der Waals surface area contributed by atoms with Crippen LogP contribution in [0.1, 0.15) is 48.6 Å². The number of hydrogen-bond donors (Lipinski definition) is 3. The summed E-state index contributed by atoms with van der Waals surface area (Å²) in [5.41, 5.74) is 2.70. The fourth-order valence-corrected chi connectivity index (χ4v) is 11.2. The van der Waals surface area contributed by atoms with E-state index in [0.717, 1.165) is 32.4 Å². The smallest absolute Gasteiger partial charge is 0.326 e. The fourth-order valence-electron chi connectivity index (χ4n) is 8.32. The molecule has 0 spiro atoms. The summed E-state index contributed by atoms with van der Waals surface area (Å²) in [6.45, 7) is 5.57. The van der Waals surface area contributed by atoms with Crippen molar-refractivity contribution in [2.45, 2.75) is 55.8 Å². The lowest BCUT2D eigenvalue weighted by Crippen LogP contribution is -2.47. The first-order chi connectivity index (χ1) is 22.0. The van der Waals surface area contributed by atoms with E-state index in [4.69, 9.17) is 4.74 Å². The van der Waals surface area contributed by atoms with Crippen molar-refractivity contribution in [2.24, 2.45) is 35.5 Å². The molecule has 0 radical (unpaired) electrons. The molecule has 3 aromatic rings. The monoisotopic (exact) mass is 661 g/mol. The third-order valence-electron chi connectivity index (χ3n) is 9.96. The molecule has 1 aromatic heterocycles. The Labute approximate surface area is 273 Å². The van der Waals surface area contributed by atoms with Crippen molar-refractivity contribution in [3.63, 3.8) is 0 Å². The number of H-pyrrole nitrogens is 1. The number of carboxylic acid groups (broad SMARTS) is 1. The van der Waals surface area contributed by atoms with Crippen molar-refractivity contribution in [2.75, 3.05) is 11.9 Å². The molecule has 3 fully saturated rings. The highest BCUT2D eigenvalue weighted by atomic mass is 32.2. The van der Waals surface area contributed by atoms with Gasteiger partial charge in [-0.05, 0) is 78.8 Å². The van der Waals surface area contributed by atoms with Gasteiger partial charge in [-0.25, -0.2) is 4.79 Å². The molecule has 12 heteroatoms. The van der Waals surface area contributed by atoms with E-state index in [2.05, 4.69) is 10.3 Å². The second-order valence-corrected chi connectivity index (χ2v) is 15.5. The number of aromatic amines is 1. The number of aryl methyl sites for hydroxylation is 1. The Balaban J connectivity index is 1.14. The van der Waals surface area contributed by atoms with E-state index < -0.39 is 23.8 Å². The molecule has 2 aliphatic carbocycles. The number of aliphatic carboxylic acids is 1. The van der Waals surface area contributed by atoms with E-state index in [1.807, 2.05) is 69.3 Å². The molecular weight excluding hydrogens is 627 g/mol. The van der Waals surface area contributed by atoms with E-state index in [1.165, 1.54) is 11.3 Å². The van der Waals surface area contributed by atoms with Gasteiger partial charge in [-0.1, -0.05) is 49.4 Å². The molecule has 3 amide bonds. The number of rotatable bonds is 9. The van der Waals surface area contributed by atoms with Crippen LogP contribution < -0.4 is 14.9 Å². The van der Waals surface area contributed by atoms with Gasteiger partial charge in [0.05, 0.1) is 16.9 Å². The van der Waals surface area contributed by atoms with Crippen molar-refractivity contribution in [3.8, 4) is 5.75 Å². The molecule has 2 aromatic carbocycles. The van der Waals surface area contributed by atoms with Gasteiger partial charge in [-0.2, -0.15) is 0 Å². The van der Waals surface area contributed by atoms with E-state index in [-0.39, 0.29) is 70.5 Å². The Hall–Kier alpha value is -3.90. The second-order valence-electron chi connectivity index (χ2n) is 13.3. The van der Waals surface area contributed by atoms with Crippen LogP contribution in [0.2, 0.25) is 0 Å². The van der Waals surface area contributed by atoms with Crippen molar-refractivity contribution in [1.29, 1.82) is 0 Å². The number of hydrogen-bond acceptors (Lipinski definition) is 8. The highest BCUT2D eigenvalue weighted by molar-refractivity contribution is 8.00. The highest BCUT2D eigenvalue weighted by Gasteiger charge is 2.70. The van der Waals surface area contributed by atoms with Crippen LogP contribution in [0.4, 0.5) is 5.69 Å². The maximum Gasteiger partial charge on any atom is 0.326 e. The standard InChI is InChI=1S/C34H35N3O7S2/c1-15(2)11-22(33(41)42)37-31(39)26-20-13-21(27(26)32(37)40)28-25(20)24(29-30(45-28)36-34(43)46-29)17-7-9-19(10-8-17)44-14-23(38)35-18-6-4-5-16(3)12-18/h4-10,12,15,20-22,24-28H,11,13-14H2,1-3H3,(H,35,38)(H,36,43)(H,41,42)/t20?,21?,22?,24-,25?,26?,27?,28?/m1/s1. The summed E-state index contributed by atoms with van der Waals surface area (Å²) in [7, 11) is 0. The summed E-state index contributed by atoms with van der Waals surface area (Å²) in [5, 5.41) is 13.6. The van der Waals surface area contributed by atoms with E-state index in [1.54, 1.807) is 11.8 Å². The molecule has 2 bridgehead atoms. The fraction of sp³-hybridized carbons (Fsp3) is 0.441. The quantitative estimate of drug-likeness (QED) is 0.279. The second kappa shape index (κ2) is 11.7. The van der Waals surface area contributed by atoms with Crippen molar-refractivity contribution in [3.05, 3.63) is 74.2 Å². The number of carbonyl (C=O) groups is 4. The number of benzene rings is 2. The third kappa shape index (κ3) is 5.15. The number of anilines is 1. The van der Waals surface area contributed by atoms with Gasteiger partial charge < -0.3 is 20.1 Å². The average Bonchev–Trinajstić information content (AvgIpc) is 3.74. The zero-order chi connectivity index (χ0) is 32.4. The summed E-state index contributed by atoms with van der Waals surface area (Å²) in [5.74, 6) is -3.09. The Morgan fingerprint density at radius 1 is 1.07 bits per heavy atom. The Kier molecular flexibility index (Phi) is 7.83. The lowest BCUT2D eigenvalue weighted by molar-refractivity contribution is -0.156. The molecule has 7 rings (SSSR count).